The van der Waals surface area contributed by atoms with Crippen LogP contribution in [0, 0.1) is 5.82 Å². The van der Waals surface area contributed by atoms with E-state index in [1.165, 1.54) is 6.07 Å². The zero-order valence-corrected chi connectivity index (χ0v) is 12.9. The lowest BCUT2D eigenvalue weighted by Gasteiger charge is -2.07. The maximum absolute atomic E-state index is 13.7. The number of nitrogen functional groups attached to an aromatic ring is 1. The van der Waals surface area contributed by atoms with Gasteiger partial charge in [-0.05, 0) is 24.3 Å². The van der Waals surface area contributed by atoms with Gasteiger partial charge in [0.05, 0.1) is 26.5 Å². The molecule has 2 aromatic carbocycles. The van der Waals surface area contributed by atoms with Crippen molar-refractivity contribution in [1.29, 1.82) is 0 Å². The predicted molar refractivity (Wildman–Crippen MR) is 80.1 cm³/mol. The van der Waals surface area contributed by atoms with Crippen LogP contribution in [-0.4, -0.2) is 4.21 Å². The lowest BCUT2D eigenvalue weighted by atomic mass is 10.2. The smallest absolute Gasteiger partial charge is 0.145 e. The molecule has 0 amide bonds. The highest BCUT2D eigenvalue weighted by molar-refractivity contribution is 9.10. The lowest BCUT2D eigenvalue weighted by molar-refractivity contribution is 0.615. The third kappa shape index (κ3) is 3.35. The van der Waals surface area contributed by atoms with Gasteiger partial charge < -0.3 is 5.73 Å². The normalized spacial score (nSPS) is 12.4. The third-order valence-corrected chi connectivity index (χ3v) is 4.76. The number of hydrogen-bond acceptors (Lipinski definition) is 2. The number of hydrogen-bond donors (Lipinski definition) is 1. The van der Waals surface area contributed by atoms with Gasteiger partial charge in [0.15, 0.2) is 0 Å². The average molecular weight is 363 g/mol. The second kappa shape index (κ2) is 6.03. The molecule has 2 aromatic rings. The molecule has 0 bridgehead atoms. The molecule has 2 nitrogen and oxygen atoms in total. The fourth-order valence-electron chi connectivity index (χ4n) is 1.61. The van der Waals surface area contributed by atoms with Crippen molar-refractivity contribution < 1.29 is 8.60 Å². The van der Waals surface area contributed by atoms with Crippen LogP contribution in [0.15, 0.2) is 45.8 Å². The van der Waals surface area contributed by atoms with E-state index in [1.54, 1.807) is 30.3 Å². The Hall–Kier alpha value is -0.910. The lowest BCUT2D eigenvalue weighted by Crippen LogP contribution is -2.02. The second-order valence-corrected chi connectivity index (χ2v) is 6.63. The maximum atomic E-state index is 13.7. The van der Waals surface area contributed by atoms with Crippen molar-refractivity contribution in [2.75, 3.05) is 5.73 Å². The highest BCUT2D eigenvalue weighted by Gasteiger charge is 2.13. The molecule has 0 spiro atoms. The summed E-state index contributed by atoms with van der Waals surface area (Å²) in [5, 5.41) is 0.0262. The first kappa shape index (κ1) is 14.5. The Kier molecular flexibility index (Phi) is 4.60. The van der Waals surface area contributed by atoms with E-state index in [1.807, 2.05) is 0 Å². The molecule has 0 radical (unpaired) electrons. The third-order valence-electron chi connectivity index (χ3n) is 2.54. The van der Waals surface area contributed by atoms with E-state index in [-0.39, 0.29) is 10.8 Å². The molecule has 2 rings (SSSR count). The molecular formula is C13H10BrClFNOS. The van der Waals surface area contributed by atoms with Crippen LogP contribution in [0.1, 0.15) is 5.56 Å². The van der Waals surface area contributed by atoms with E-state index in [0.717, 1.165) is 4.47 Å². The topological polar surface area (TPSA) is 43.1 Å². The van der Waals surface area contributed by atoms with E-state index in [9.17, 15) is 8.60 Å². The second-order valence-electron chi connectivity index (χ2n) is 3.88. The van der Waals surface area contributed by atoms with Crippen LogP contribution in [0.5, 0.6) is 0 Å². The van der Waals surface area contributed by atoms with Gasteiger partial charge in [-0.25, -0.2) is 4.39 Å². The molecule has 0 fully saturated rings. The van der Waals surface area contributed by atoms with Crippen molar-refractivity contribution in [3.05, 3.63) is 57.3 Å². The van der Waals surface area contributed by atoms with Crippen LogP contribution >= 0.6 is 27.5 Å². The Morgan fingerprint density at radius 2 is 2.05 bits per heavy atom. The van der Waals surface area contributed by atoms with Crippen molar-refractivity contribution in [2.45, 2.75) is 10.6 Å². The van der Waals surface area contributed by atoms with Crippen LogP contribution in [0.25, 0.3) is 0 Å². The summed E-state index contributed by atoms with van der Waals surface area (Å²) in [6, 6.07) is 9.73. The maximum Gasteiger partial charge on any atom is 0.145 e. The minimum absolute atomic E-state index is 0.0262. The SMILES string of the molecule is Nc1cc(Br)ccc1S(=O)Cc1cccc(Cl)c1F. The van der Waals surface area contributed by atoms with Gasteiger partial charge in [-0.15, -0.1) is 0 Å². The molecular weight excluding hydrogens is 353 g/mol. The molecule has 0 aromatic heterocycles. The number of benzene rings is 2. The van der Waals surface area contributed by atoms with E-state index in [2.05, 4.69) is 15.9 Å². The van der Waals surface area contributed by atoms with Gasteiger partial charge in [-0.2, -0.15) is 0 Å². The van der Waals surface area contributed by atoms with E-state index >= 15 is 0 Å². The van der Waals surface area contributed by atoms with Crippen molar-refractivity contribution >= 4 is 44.0 Å². The van der Waals surface area contributed by atoms with E-state index < -0.39 is 16.6 Å². The molecule has 100 valence electrons. The standard InChI is InChI=1S/C13H10BrClFNOS/c14-9-4-5-12(11(17)6-9)19(18)7-8-2-1-3-10(15)13(8)16/h1-6H,7,17H2. The molecule has 2 N–H and O–H groups in total. The first-order valence-corrected chi connectivity index (χ1v) is 7.84. The average Bonchev–Trinajstić information content (AvgIpc) is 2.34. The van der Waals surface area contributed by atoms with Gasteiger partial charge in [-0.3, -0.25) is 4.21 Å². The monoisotopic (exact) mass is 361 g/mol. The van der Waals surface area contributed by atoms with Crippen molar-refractivity contribution in [3.63, 3.8) is 0 Å². The van der Waals surface area contributed by atoms with Crippen LogP contribution in [0.3, 0.4) is 0 Å². The summed E-state index contributed by atoms with van der Waals surface area (Å²) in [6.07, 6.45) is 0. The quantitative estimate of drug-likeness (QED) is 0.834. The molecule has 19 heavy (non-hydrogen) atoms. The Balaban J connectivity index is 2.28. The Morgan fingerprint density at radius 3 is 2.74 bits per heavy atom. The molecule has 0 saturated carbocycles. The van der Waals surface area contributed by atoms with Gasteiger partial charge in [-0.1, -0.05) is 39.7 Å². The minimum Gasteiger partial charge on any atom is -0.398 e. The summed E-state index contributed by atoms with van der Waals surface area (Å²) < 4.78 is 26.8. The van der Waals surface area contributed by atoms with E-state index in [4.69, 9.17) is 17.3 Å². The largest absolute Gasteiger partial charge is 0.398 e. The number of rotatable bonds is 3. The Morgan fingerprint density at radius 1 is 1.32 bits per heavy atom. The van der Waals surface area contributed by atoms with Crippen molar-refractivity contribution in [1.82, 2.24) is 0 Å². The Labute approximate surface area is 126 Å². The van der Waals surface area contributed by atoms with Gasteiger partial charge in [0.25, 0.3) is 0 Å². The molecule has 0 aliphatic heterocycles. The molecule has 0 aliphatic carbocycles. The molecule has 0 heterocycles. The molecule has 0 aliphatic rings. The van der Waals surface area contributed by atoms with Gasteiger partial charge in [0, 0.05) is 15.7 Å². The predicted octanol–water partition coefficient (Wildman–Crippen LogP) is 4.13. The van der Waals surface area contributed by atoms with Crippen LogP contribution in [0.4, 0.5) is 10.1 Å². The van der Waals surface area contributed by atoms with Gasteiger partial charge in [0.1, 0.15) is 5.82 Å². The summed E-state index contributed by atoms with van der Waals surface area (Å²) in [5.41, 5.74) is 6.53. The molecule has 0 saturated heterocycles. The molecule has 6 heteroatoms. The summed E-state index contributed by atoms with van der Waals surface area (Å²) in [4.78, 5) is 0.488. The fourth-order valence-corrected chi connectivity index (χ4v) is 3.38. The zero-order chi connectivity index (χ0) is 14.0. The number of halogens is 3. The van der Waals surface area contributed by atoms with Crippen LogP contribution < -0.4 is 5.73 Å². The van der Waals surface area contributed by atoms with Gasteiger partial charge >= 0.3 is 0 Å². The fraction of sp³-hybridized carbons (Fsp3) is 0.0769. The molecule has 1 atom stereocenters. The summed E-state index contributed by atoms with van der Waals surface area (Å²) >= 11 is 8.97. The van der Waals surface area contributed by atoms with E-state index in [0.29, 0.717) is 16.1 Å². The first-order chi connectivity index (χ1) is 8.99. The number of nitrogens with two attached hydrogens (primary N) is 1. The highest BCUT2D eigenvalue weighted by atomic mass is 79.9. The summed E-state index contributed by atoms with van der Waals surface area (Å²) in [6.45, 7) is 0. The van der Waals surface area contributed by atoms with Crippen LogP contribution in [0.2, 0.25) is 5.02 Å². The summed E-state index contributed by atoms with van der Waals surface area (Å²) in [7, 11) is -1.42. The summed E-state index contributed by atoms with van der Waals surface area (Å²) in [5.74, 6) is -0.494. The molecule has 1 unspecified atom stereocenters. The minimum atomic E-state index is -1.42. The Bertz CT molecular complexity index is 651. The first-order valence-electron chi connectivity index (χ1n) is 5.35. The van der Waals surface area contributed by atoms with Gasteiger partial charge in [0.2, 0.25) is 0 Å². The van der Waals surface area contributed by atoms with Crippen LogP contribution in [-0.2, 0) is 16.6 Å². The number of anilines is 1. The van der Waals surface area contributed by atoms with Crippen molar-refractivity contribution in [2.24, 2.45) is 0 Å². The zero-order valence-electron chi connectivity index (χ0n) is 9.70. The van der Waals surface area contributed by atoms with Crippen molar-refractivity contribution in [3.8, 4) is 0 Å². The highest BCUT2D eigenvalue weighted by Crippen LogP contribution is 2.25.